The van der Waals surface area contributed by atoms with Gasteiger partial charge in [-0.15, -0.1) is 11.8 Å². The lowest BCUT2D eigenvalue weighted by molar-refractivity contribution is 0.101. The van der Waals surface area contributed by atoms with Gasteiger partial charge in [0.15, 0.2) is 11.6 Å². The van der Waals surface area contributed by atoms with Crippen LogP contribution < -0.4 is 10.9 Å². The predicted molar refractivity (Wildman–Crippen MR) is 111 cm³/mol. The van der Waals surface area contributed by atoms with Gasteiger partial charge in [-0.1, -0.05) is 18.2 Å². The Hall–Kier alpha value is -2.93. The molecule has 0 aliphatic heterocycles. The number of aryl methyl sites for hydroxylation is 1. The highest BCUT2D eigenvalue weighted by atomic mass is 32.2. The zero-order chi connectivity index (χ0) is 20.3. The number of rotatable bonds is 6. The van der Waals surface area contributed by atoms with E-state index in [0.29, 0.717) is 17.8 Å². The molecule has 0 radical (unpaired) electrons. The van der Waals surface area contributed by atoms with Crippen LogP contribution in [0.25, 0.3) is 11.1 Å². The molecule has 0 aliphatic carbocycles. The molecule has 0 saturated heterocycles. The first-order valence-electron chi connectivity index (χ1n) is 8.77. The quantitative estimate of drug-likeness (QED) is 0.481. The van der Waals surface area contributed by atoms with Crippen LogP contribution in [0.4, 0.5) is 15.9 Å². The van der Waals surface area contributed by atoms with Crippen molar-refractivity contribution in [1.82, 2.24) is 9.78 Å². The smallest absolute Gasteiger partial charge is 0.275 e. The van der Waals surface area contributed by atoms with Crippen molar-refractivity contribution in [3.05, 3.63) is 70.3 Å². The van der Waals surface area contributed by atoms with Crippen molar-refractivity contribution in [3.8, 4) is 11.1 Å². The Morgan fingerprint density at radius 3 is 2.50 bits per heavy atom. The SMILES string of the molecule is CCn1nc(Nc2cccc(F)c2)c(C(C)=O)c(-c2ccc(SC)cc2)c1=O. The van der Waals surface area contributed by atoms with E-state index in [-0.39, 0.29) is 28.3 Å². The number of halogens is 1. The number of carbonyl (C=O) groups is 1. The fourth-order valence-corrected chi connectivity index (χ4v) is 3.35. The second-order valence-electron chi connectivity index (χ2n) is 6.14. The van der Waals surface area contributed by atoms with Crippen molar-refractivity contribution in [1.29, 1.82) is 0 Å². The third-order valence-electron chi connectivity index (χ3n) is 4.27. The maximum Gasteiger partial charge on any atom is 0.275 e. The molecule has 0 bridgehead atoms. The molecule has 0 amide bonds. The summed E-state index contributed by atoms with van der Waals surface area (Å²) >= 11 is 1.59. The molecule has 1 heterocycles. The summed E-state index contributed by atoms with van der Waals surface area (Å²) in [5, 5.41) is 7.30. The maximum atomic E-state index is 13.6. The van der Waals surface area contributed by atoms with Crippen LogP contribution in [0.1, 0.15) is 24.2 Å². The average molecular weight is 397 g/mol. The van der Waals surface area contributed by atoms with E-state index in [9.17, 15) is 14.0 Å². The van der Waals surface area contributed by atoms with Crippen LogP contribution in [0, 0.1) is 5.82 Å². The molecule has 2 aromatic carbocycles. The predicted octanol–water partition coefficient (Wildman–Crippen LogP) is 4.74. The highest BCUT2D eigenvalue weighted by Crippen LogP contribution is 2.29. The normalized spacial score (nSPS) is 10.7. The van der Waals surface area contributed by atoms with Crippen molar-refractivity contribution >= 4 is 29.1 Å². The highest BCUT2D eigenvalue weighted by Gasteiger charge is 2.22. The minimum absolute atomic E-state index is 0.191. The molecule has 1 N–H and O–H groups in total. The molecule has 3 rings (SSSR count). The van der Waals surface area contributed by atoms with E-state index >= 15 is 0 Å². The number of nitrogens with zero attached hydrogens (tertiary/aromatic N) is 2. The van der Waals surface area contributed by atoms with Crippen LogP contribution in [0.2, 0.25) is 0 Å². The van der Waals surface area contributed by atoms with E-state index < -0.39 is 5.82 Å². The zero-order valence-electron chi connectivity index (χ0n) is 15.8. The lowest BCUT2D eigenvalue weighted by Crippen LogP contribution is -2.27. The number of benzene rings is 2. The van der Waals surface area contributed by atoms with Crippen molar-refractivity contribution in [2.24, 2.45) is 0 Å². The Labute approximate surface area is 166 Å². The van der Waals surface area contributed by atoms with E-state index in [2.05, 4.69) is 10.4 Å². The molecule has 0 spiro atoms. The van der Waals surface area contributed by atoms with E-state index in [1.54, 1.807) is 30.8 Å². The average Bonchev–Trinajstić information content (AvgIpc) is 2.68. The van der Waals surface area contributed by atoms with Gasteiger partial charge in [-0.05, 0) is 56.0 Å². The Morgan fingerprint density at radius 2 is 1.93 bits per heavy atom. The number of nitrogens with one attached hydrogen (secondary N) is 1. The molecule has 0 atom stereocenters. The van der Waals surface area contributed by atoms with Gasteiger partial charge in [0.1, 0.15) is 5.82 Å². The molecule has 144 valence electrons. The molecular formula is C21H20FN3O2S. The van der Waals surface area contributed by atoms with Crippen molar-refractivity contribution in [2.75, 3.05) is 11.6 Å². The van der Waals surface area contributed by atoms with Gasteiger partial charge in [0, 0.05) is 17.1 Å². The van der Waals surface area contributed by atoms with E-state index in [0.717, 1.165) is 4.90 Å². The second kappa shape index (κ2) is 8.39. The van der Waals surface area contributed by atoms with E-state index in [4.69, 9.17) is 0 Å². The summed E-state index contributed by atoms with van der Waals surface area (Å²) in [6, 6.07) is 13.3. The summed E-state index contributed by atoms with van der Waals surface area (Å²) in [7, 11) is 0. The lowest BCUT2D eigenvalue weighted by atomic mass is 9.99. The number of thioether (sulfide) groups is 1. The monoisotopic (exact) mass is 397 g/mol. The summed E-state index contributed by atoms with van der Waals surface area (Å²) in [5.41, 5.74) is 1.22. The first-order valence-corrected chi connectivity index (χ1v) is 10.00. The number of hydrogen-bond acceptors (Lipinski definition) is 5. The Bertz CT molecular complexity index is 1080. The fraction of sp³-hybridized carbons (Fsp3) is 0.190. The van der Waals surface area contributed by atoms with Gasteiger partial charge < -0.3 is 5.32 Å². The number of aromatic nitrogens is 2. The number of carbonyl (C=O) groups excluding carboxylic acids is 1. The summed E-state index contributed by atoms with van der Waals surface area (Å²) in [6.45, 7) is 3.53. The Kier molecular flexibility index (Phi) is 5.94. The minimum Gasteiger partial charge on any atom is -0.338 e. The molecule has 5 nitrogen and oxygen atoms in total. The molecule has 3 aromatic rings. The van der Waals surface area contributed by atoms with Gasteiger partial charge in [0.2, 0.25) is 0 Å². The van der Waals surface area contributed by atoms with Crippen LogP contribution in [0.5, 0.6) is 0 Å². The fourth-order valence-electron chi connectivity index (χ4n) is 2.94. The summed E-state index contributed by atoms with van der Waals surface area (Å²) in [4.78, 5) is 26.5. The molecule has 7 heteroatoms. The molecular weight excluding hydrogens is 377 g/mol. The zero-order valence-corrected chi connectivity index (χ0v) is 16.6. The highest BCUT2D eigenvalue weighted by molar-refractivity contribution is 7.98. The molecule has 1 aromatic heterocycles. The first-order chi connectivity index (χ1) is 13.4. The maximum absolute atomic E-state index is 13.6. The first kappa shape index (κ1) is 19.8. The van der Waals surface area contributed by atoms with Gasteiger partial charge in [0.25, 0.3) is 5.56 Å². The van der Waals surface area contributed by atoms with Gasteiger partial charge in [-0.3, -0.25) is 9.59 Å². The van der Waals surface area contributed by atoms with Crippen LogP contribution in [-0.4, -0.2) is 21.8 Å². The van der Waals surface area contributed by atoms with Crippen molar-refractivity contribution in [3.63, 3.8) is 0 Å². The molecule has 0 fully saturated rings. The van der Waals surface area contributed by atoms with Crippen molar-refractivity contribution < 1.29 is 9.18 Å². The topological polar surface area (TPSA) is 64.0 Å². The van der Waals surface area contributed by atoms with Gasteiger partial charge >= 0.3 is 0 Å². The van der Waals surface area contributed by atoms with Crippen LogP contribution >= 0.6 is 11.8 Å². The third-order valence-corrected chi connectivity index (χ3v) is 5.02. The van der Waals surface area contributed by atoms with Crippen LogP contribution in [0.3, 0.4) is 0 Å². The van der Waals surface area contributed by atoms with Crippen molar-refractivity contribution in [2.45, 2.75) is 25.3 Å². The van der Waals surface area contributed by atoms with Gasteiger partial charge in [-0.2, -0.15) is 5.10 Å². The summed E-state index contributed by atoms with van der Waals surface area (Å²) in [5.74, 6) is -0.481. The molecule has 0 saturated carbocycles. The van der Waals surface area contributed by atoms with Crippen LogP contribution in [0.15, 0.2) is 58.2 Å². The molecule has 0 unspecified atom stereocenters. The largest absolute Gasteiger partial charge is 0.338 e. The van der Waals surface area contributed by atoms with Gasteiger partial charge in [-0.25, -0.2) is 9.07 Å². The van der Waals surface area contributed by atoms with Crippen LogP contribution in [-0.2, 0) is 6.54 Å². The standard InChI is InChI=1S/C21H20FN3O2S/c1-4-25-21(27)19(14-8-10-17(28-3)11-9-14)18(13(2)26)20(24-25)23-16-7-5-6-15(22)12-16/h5-12H,4H2,1-3H3,(H,23,24). The molecule has 0 aliphatic rings. The molecule has 28 heavy (non-hydrogen) atoms. The minimum atomic E-state index is -0.411. The number of anilines is 2. The van der Waals surface area contributed by atoms with E-state index in [1.807, 2.05) is 30.5 Å². The van der Waals surface area contributed by atoms with Gasteiger partial charge in [0.05, 0.1) is 11.1 Å². The third kappa shape index (κ3) is 3.99. The van der Waals surface area contributed by atoms with E-state index in [1.165, 1.54) is 23.7 Å². The summed E-state index contributed by atoms with van der Waals surface area (Å²) in [6.07, 6.45) is 1.97. The number of hydrogen-bond donors (Lipinski definition) is 1. The Balaban J connectivity index is 2.24. The lowest BCUT2D eigenvalue weighted by Gasteiger charge is -2.16. The number of Topliss-reactive ketones (excluding diaryl/α,β-unsaturated/α-hetero) is 1. The number of ketones is 1. The Morgan fingerprint density at radius 1 is 1.21 bits per heavy atom. The summed E-state index contributed by atoms with van der Waals surface area (Å²) < 4.78 is 14.9. The second-order valence-corrected chi connectivity index (χ2v) is 7.02.